The number of aryl methyl sites for hydroxylation is 2. The predicted octanol–water partition coefficient (Wildman–Crippen LogP) is 0.251. The van der Waals surface area contributed by atoms with Gasteiger partial charge in [-0.15, -0.1) is 0 Å². The van der Waals surface area contributed by atoms with E-state index in [9.17, 15) is 9.59 Å². The van der Waals surface area contributed by atoms with Gasteiger partial charge in [0.2, 0.25) is 11.8 Å². The number of carbonyl (C=O) groups excluding carboxylic acids is 2. The zero-order chi connectivity index (χ0) is 15.7. The summed E-state index contributed by atoms with van der Waals surface area (Å²) in [7, 11) is 1.93. The molecule has 3 heterocycles. The van der Waals surface area contributed by atoms with Crippen LogP contribution in [0.5, 0.6) is 0 Å². The van der Waals surface area contributed by atoms with Crippen LogP contribution in [0.25, 0.3) is 0 Å². The number of imidazole rings is 1. The topological polar surface area (TPSA) is 67.7 Å². The van der Waals surface area contributed by atoms with Crippen LogP contribution in [-0.2, 0) is 21.4 Å². The van der Waals surface area contributed by atoms with Gasteiger partial charge in [0, 0.05) is 32.8 Å². The van der Waals surface area contributed by atoms with Crippen molar-refractivity contribution in [3.8, 4) is 0 Å². The van der Waals surface area contributed by atoms with E-state index >= 15 is 0 Å². The van der Waals surface area contributed by atoms with Gasteiger partial charge in [-0.3, -0.25) is 9.59 Å². The summed E-state index contributed by atoms with van der Waals surface area (Å²) >= 11 is 0. The zero-order valence-corrected chi connectivity index (χ0v) is 13.1. The molecule has 0 spiro atoms. The number of likely N-dealkylation sites (tertiary alicyclic amines) is 1. The molecule has 0 saturated carbocycles. The van der Waals surface area contributed by atoms with E-state index in [0.29, 0.717) is 32.7 Å². The molecule has 2 fully saturated rings. The first-order valence-corrected chi connectivity index (χ1v) is 7.71. The fourth-order valence-corrected chi connectivity index (χ4v) is 3.10. The second-order valence-electron chi connectivity index (χ2n) is 5.97. The number of rotatable bonds is 3. The van der Waals surface area contributed by atoms with Gasteiger partial charge in [-0.2, -0.15) is 0 Å². The average Bonchev–Trinajstić information content (AvgIpc) is 3.05. The fourth-order valence-electron chi connectivity index (χ4n) is 3.10. The minimum atomic E-state index is -0.203. The first kappa shape index (κ1) is 15.0. The van der Waals surface area contributed by atoms with E-state index in [1.54, 1.807) is 9.80 Å². The van der Waals surface area contributed by atoms with Crippen LogP contribution in [0.1, 0.15) is 30.5 Å². The maximum atomic E-state index is 12.4. The van der Waals surface area contributed by atoms with Crippen LogP contribution < -0.4 is 0 Å². The van der Waals surface area contributed by atoms with Crippen molar-refractivity contribution in [2.24, 2.45) is 7.05 Å². The minimum Gasteiger partial charge on any atom is -0.367 e. The monoisotopic (exact) mass is 306 g/mol. The van der Waals surface area contributed by atoms with Crippen molar-refractivity contribution in [1.29, 1.82) is 0 Å². The largest absolute Gasteiger partial charge is 0.367 e. The van der Waals surface area contributed by atoms with Crippen molar-refractivity contribution < 1.29 is 14.3 Å². The number of hydrogen-bond acceptors (Lipinski definition) is 4. The second-order valence-corrected chi connectivity index (χ2v) is 5.97. The van der Waals surface area contributed by atoms with Gasteiger partial charge in [-0.25, -0.2) is 4.98 Å². The van der Waals surface area contributed by atoms with Gasteiger partial charge in [0.1, 0.15) is 11.9 Å². The number of amides is 2. The third-order valence-electron chi connectivity index (χ3n) is 4.24. The van der Waals surface area contributed by atoms with Crippen molar-refractivity contribution in [3.63, 3.8) is 0 Å². The van der Waals surface area contributed by atoms with E-state index in [1.807, 2.05) is 24.7 Å². The van der Waals surface area contributed by atoms with Gasteiger partial charge < -0.3 is 19.1 Å². The SMILES string of the molecule is Cc1cn(C)c(C2CN(C(=O)CN3CCCC3=O)CCO2)n1. The Morgan fingerprint density at radius 1 is 1.45 bits per heavy atom. The first-order chi connectivity index (χ1) is 10.5. The van der Waals surface area contributed by atoms with E-state index < -0.39 is 0 Å². The van der Waals surface area contributed by atoms with Gasteiger partial charge >= 0.3 is 0 Å². The van der Waals surface area contributed by atoms with Gasteiger partial charge in [0.15, 0.2) is 0 Å². The normalized spacial score (nSPS) is 22.5. The van der Waals surface area contributed by atoms with E-state index in [2.05, 4.69) is 4.98 Å². The Hall–Kier alpha value is -1.89. The maximum absolute atomic E-state index is 12.4. The Kier molecular flexibility index (Phi) is 4.15. The van der Waals surface area contributed by atoms with Crippen molar-refractivity contribution >= 4 is 11.8 Å². The molecule has 1 aromatic rings. The summed E-state index contributed by atoms with van der Waals surface area (Å²) in [5, 5.41) is 0. The summed E-state index contributed by atoms with van der Waals surface area (Å²) in [6.07, 6.45) is 3.16. The molecule has 0 bridgehead atoms. The lowest BCUT2D eigenvalue weighted by Crippen LogP contribution is -2.47. The van der Waals surface area contributed by atoms with Crippen LogP contribution in [0.4, 0.5) is 0 Å². The highest BCUT2D eigenvalue weighted by atomic mass is 16.5. The van der Waals surface area contributed by atoms with E-state index in [-0.39, 0.29) is 24.5 Å². The third kappa shape index (κ3) is 2.99. The third-order valence-corrected chi connectivity index (χ3v) is 4.24. The Labute approximate surface area is 129 Å². The molecule has 22 heavy (non-hydrogen) atoms. The molecule has 2 amide bonds. The standard InChI is InChI=1S/C15H22N4O3/c1-11-8-17(2)15(16-11)12-9-19(6-7-22-12)14(21)10-18-5-3-4-13(18)20/h8,12H,3-7,9-10H2,1-2H3. The molecular formula is C15H22N4O3. The lowest BCUT2D eigenvalue weighted by atomic mass is 10.2. The Morgan fingerprint density at radius 2 is 2.27 bits per heavy atom. The number of ether oxygens (including phenoxy) is 1. The first-order valence-electron chi connectivity index (χ1n) is 7.71. The molecule has 3 rings (SSSR count). The lowest BCUT2D eigenvalue weighted by Gasteiger charge is -2.33. The molecule has 0 radical (unpaired) electrons. The molecule has 0 aromatic carbocycles. The fraction of sp³-hybridized carbons (Fsp3) is 0.667. The number of morpholine rings is 1. The molecule has 120 valence electrons. The van der Waals surface area contributed by atoms with Crippen molar-refractivity contribution in [2.45, 2.75) is 25.9 Å². The predicted molar refractivity (Wildman–Crippen MR) is 79.0 cm³/mol. The zero-order valence-electron chi connectivity index (χ0n) is 13.1. The molecule has 2 saturated heterocycles. The second kappa shape index (κ2) is 6.08. The summed E-state index contributed by atoms with van der Waals surface area (Å²) in [5.74, 6) is 0.916. The van der Waals surface area contributed by atoms with Crippen molar-refractivity contribution in [1.82, 2.24) is 19.4 Å². The molecule has 0 aliphatic carbocycles. The van der Waals surface area contributed by atoms with Gasteiger partial charge in [-0.05, 0) is 13.3 Å². The number of carbonyl (C=O) groups is 2. The van der Waals surface area contributed by atoms with E-state index in [1.165, 1.54) is 0 Å². The van der Waals surface area contributed by atoms with Crippen LogP contribution in [-0.4, -0.2) is 64.0 Å². The van der Waals surface area contributed by atoms with Crippen molar-refractivity contribution in [2.75, 3.05) is 32.8 Å². The quantitative estimate of drug-likeness (QED) is 0.803. The Morgan fingerprint density at radius 3 is 2.91 bits per heavy atom. The highest BCUT2D eigenvalue weighted by molar-refractivity contribution is 5.85. The summed E-state index contributed by atoms with van der Waals surface area (Å²) in [4.78, 5) is 32.0. The van der Waals surface area contributed by atoms with Gasteiger partial charge in [0.25, 0.3) is 0 Å². The number of aromatic nitrogens is 2. The molecule has 1 aromatic heterocycles. The molecule has 0 N–H and O–H groups in total. The van der Waals surface area contributed by atoms with E-state index in [0.717, 1.165) is 17.9 Å². The van der Waals surface area contributed by atoms with Crippen LogP contribution >= 0.6 is 0 Å². The summed E-state index contributed by atoms with van der Waals surface area (Å²) < 4.78 is 7.71. The Balaban J connectivity index is 1.64. The lowest BCUT2D eigenvalue weighted by molar-refractivity contribution is -0.144. The maximum Gasteiger partial charge on any atom is 0.242 e. The number of nitrogens with zero attached hydrogens (tertiary/aromatic N) is 4. The van der Waals surface area contributed by atoms with Gasteiger partial charge in [-0.1, -0.05) is 0 Å². The Bertz CT molecular complexity index is 583. The van der Waals surface area contributed by atoms with Crippen LogP contribution in [0.2, 0.25) is 0 Å². The summed E-state index contributed by atoms with van der Waals surface area (Å²) in [6.45, 7) is 4.37. The molecule has 2 aliphatic heterocycles. The smallest absolute Gasteiger partial charge is 0.242 e. The van der Waals surface area contributed by atoms with Crippen LogP contribution in [0.15, 0.2) is 6.20 Å². The molecule has 2 aliphatic rings. The van der Waals surface area contributed by atoms with E-state index in [4.69, 9.17) is 4.74 Å². The van der Waals surface area contributed by atoms with Crippen LogP contribution in [0, 0.1) is 6.92 Å². The molecule has 7 nitrogen and oxygen atoms in total. The molecule has 1 unspecified atom stereocenters. The highest BCUT2D eigenvalue weighted by Gasteiger charge is 2.30. The van der Waals surface area contributed by atoms with Crippen molar-refractivity contribution in [3.05, 3.63) is 17.7 Å². The number of hydrogen-bond donors (Lipinski definition) is 0. The molecule has 7 heteroatoms. The van der Waals surface area contributed by atoms with Crippen LogP contribution in [0.3, 0.4) is 0 Å². The molecule has 1 atom stereocenters. The highest BCUT2D eigenvalue weighted by Crippen LogP contribution is 2.21. The summed E-state index contributed by atoms with van der Waals surface area (Å²) in [5.41, 5.74) is 0.937. The average molecular weight is 306 g/mol. The molecular weight excluding hydrogens is 284 g/mol. The van der Waals surface area contributed by atoms with Gasteiger partial charge in [0.05, 0.1) is 25.4 Å². The summed E-state index contributed by atoms with van der Waals surface area (Å²) in [6, 6.07) is 0. The minimum absolute atomic E-state index is 0.00511.